The molecule has 34 heavy (non-hydrogen) atoms. The van der Waals surface area contributed by atoms with Crippen LogP contribution in [0, 0.1) is 5.92 Å². The van der Waals surface area contributed by atoms with Crippen molar-refractivity contribution >= 4 is 16.9 Å². The number of aromatic nitrogens is 3. The molecule has 2 aromatic rings. The van der Waals surface area contributed by atoms with Crippen LogP contribution in [0.25, 0.3) is 11.0 Å². The van der Waals surface area contributed by atoms with Crippen molar-refractivity contribution in [3.8, 4) is 5.88 Å². The second-order valence-corrected chi connectivity index (χ2v) is 9.14. The second kappa shape index (κ2) is 12.6. The zero-order valence-corrected chi connectivity index (χ0v) is 20.8. The van der Waals surface area contributed by atoms with Gasteiger partial charge in [-0.15, -0.1) is 0 Å². The number of unbranched alkanes of at least 4 members (excludes halogenated alkanes) is 1. The number of H-pyrrole nitrogens is 1. The van der Waals surface area contributed by atoms with E-state index in [0.29, 0.717) is 30.1 Å². The molecule has 1 saturated heterocycles. The maximum absolute atomic E-state index is 12.8. The molecule has 2 aliphatic rings. The summed E-state index contributed by atoms with van der Waals surface area (Å²) in [6.45, 7) is 10.5. The normalized spacial score (nSPS) is 18.0. The van der Waals surface area contributed by atoms with Gasteiger partial charge in [-0.3, -0.25) is 14.5 Å². The number of allylic oxidation sites excluding steroid dienone is 2. The van der Waals surface area contributed by atoms with Gasteiger partial charge in [-0.05, 0) is 50.3 Å². The number of nitrogens with one attached hydrogen (secondary N) is 1. The summed E-state index contributed by atoms with van der Waals surface area (Å²) < 4.78 is 7.24. The first-order valence-electron chi connectivity index (χ1n) is 12.6. The molecule has 1 unspecified atom stereocenters. The van der Waals surface area contributed by atoms with Crippen LogP contribution in [0.1, 0.15) is 59.3 Å². The van der Waals surface area contributed by atoms with Crippen LogP contribution in [0.4, 0.5) is 5.82 Å². The molecule has 0 saturated carbocycles. The Kier molecular flexibility index (Phi) is 9.51. The molecule has 8 heteroatoms. The molecule has 4 rings (SSSR count). The van der Waals surface area contributed by atoms with Crippen LogP contribution in [-0.2, 0) is 6.54 Å². The summed E-state index contributed by atoms with van der Waals surface area (Å²) >= 11 is 0. The summed E-state index contributed by atoms with van der Waals surface area (Å²) in [5.41, 5.74) is 7.01. The highest BCUT2D eigenvalue weighted by Crippen LogP contribution is 2.24. The molecule has 8 nitrogen and oxygen atoms in total. The number of fused-ring (bicyclic) bond motifs is 1. The molecule has 1 fully saturated rings. The summed E-state index contributed by atoms with van der Waals surface area (Å²) in [7, 11) is 0. The first kappa shape index (κ1) is 25.7. The van der Waals surface area contributed by atoms with Crippen molar-refractivity contribution in [3.05, 3.63) is 50.6 Å². The van der Waals surface area contributed by atoms with Crippen molar-refractivity contribution in [1.82, 2.24) is 19.4 Å². The number of rotatable bonds is 8. The first-order valence-corrected chi connectivity index (χ1v) is 12.6. The number of ether oxygens (including phenoxy) is 1. The molecule has 0 aromatic carbocycles. The topological polar surface area (TPSA) is 106 Å². The highest BCUT2D eigenvalue weighted by atomic mass is 16.5. The zero-order chi connectivity index (χ0) is 24.5. The lowest BCUT2D eigenvalue weighted by Gasteiger charge is -2.22. The predicted octanol–water partition coefficient (Wildman–Crippen LogP) is 3.86. The Hall–Kier alpha value is -2.87. The van der Waals surface area contributed by atoms with Gasteiger partial charge >= 0.3 is 11.1 Å². The van der Waals surface area contributed by atoms with E-state index >= 15 is 0 Å². The quantitative estimate of drug-likeness (QED) is 0.449. The summed E-state index contributed by atoms with van der Waals surface area (Å²) in [5, 5.41) is 0. The summed E-state index contributed by atoms with van der Waals surface area (Å²) in [6.07, 6.45) is 13.1. The van der Waals surface area contributed by atoms with E-state index in [1.54, 1.807) is 6.07 Å². The van der Waals surface area contributed by atoms with Crippen LogP contribution < -0.4 is 21.6 Å². The Morgan fingerprint density at radius 3 is 2.65 bits per heavy atom. The van der Waals surface area contributed by atoms with Gasteiger partial charge in [0.05, 0.1) is 12.1 Å². The minimum Gasteiger partial charge on any atom is -0.478 e. The molecule has 0 radical (unpaired) electrons. The van der Waals surface area contributed by atoms with Gasteiger partial charge in [-0.25, -0.2) is 0 Å². The molecule has 0 bridgehead atoms. The number of likely N-dealkylation sites (tertiary alicyclic amines) is 1. The lowest BCUT2D eigenvalue weighted by atomic mass is 9.95. The van der Waals surface area contributed by atoms with Crippen molar-refractivity contribution in [2.24, 2.45) is 5.92 Å². The molecular formula is C26H39N5O3. The third-order valence-corrected chi connectivity index (χ3v) is 5.96. The summed E-state index contributed by atoms with van der Waals surface area (Å²) in [5.74, 6) is 0.653. The van der Waals surface area contributed by atoms with Crippen LogP contribution in [0.2, 0.25) is 0 Å². The molecule has 1 atom stereocenters. The van der Waals surface area contributed by atoms with E-state index in [4.69, 9.17) is 10.5 Å². The number of pyridine rings is 1. The van der Waals surface area contributed by atoms with Gasteiger partial charge in [-0.2, -0.15) is 4.98 Å². The highest BCUT2D eigenvalue weighted by Gasteiger charge is 2.19. The lowest BCUT2D eigenvalue weighted by molar-refractivity contribution is 0.298. The van der Waals surface area contributed by atoms with E-state index in [1.165, 1.54) is 29.4 Å². The first-order chi connectivity index (χ1) is 16.5. The van der Waals surface area contributed by atoms with Crippen LogP contribution in [-0.4, -0.2) is 45.7 Å². The van der Waals surface area contributed by atoms with Gasteiger partial charge in [0, 0.05) is 19.2 Å². The smallest absolute Gasteiger partial charge is 0.316 e. The number of anilines is 1. The number of hydrogen-bond donors (Lipinski definition) is 2. The Bertz CT molecular complexity index is 1130. The Balaban J connectivity index is 0.00000103. The van der Waals surface area contributed by atoms with Gasteiger partial charge in [-0.1, -0.05) is 51.8 Å². The van der Waals surface area contributed by atoms with Gasteiger partial charge < -0.3 is 20.0 Å². The predicted molar refractivity (Wildman–Crippen MR) is 138 cm³/mol. The largest absolute Gasteiger partial charge is 0.478 e. The molecule has 0 spiro atoms. The Labute approximate surface area is 201 Å². The average Bonchev–Trinajstić information content (AvgIpc) is 3.32. The van der Waals surface area contributed by atoms with Gasteiger partial charge in [0.1, 0.15) is 5.52 Å². The fraction of sp³-hybridized carbons (Fsp3) is 0.577. The third kappa shape index (κ3) is 6.59. The van der Waals surface area contributed by atoms with Crippen LogP contribution in [0.3, 0.4) is 0 Å². The number of nitrogen functional groups attached to an aromatic ring is 1. The second-order valence-electron chi connectivity index (χ2n) is 9.14. The molecule has 0 amide bonds. The van der Waals surface area contributed by atoms with Crippen molar-refractivity contribution in [2.75, 3.05) is 32.0 Å². The molecule has 1 aliphatic carbocycles. The molecule has 2 aromatic heterocycles. The maximum Gasteiger partial charge on any atom is 0.316 e. The average molecular weight is 470 g/mol. The van der Waals surface area contributed by atoms with Gasteiger partial charge in [0.2, 0.25) is 5.88 Å². The molecular weight excluding hydrogens is 430 g/mol. The monoisotopic (exact) mass is 469 g/mol. The van der Waals surface area contributed by atoms with Crippen LogP contribution >= 0.6 is 0 Å². The standard InChI is InChI=1S/C23H31N5O3.C3H8/c1-2-3-11-31-19-13-18-20(21(24)25-19)26-22(29)23(30)28(18)15-17-8-6-7-16(12-17)14-27-9-4-5-10-27;1-3-2/h6-7,12-13,17H,2-5,8-11,14-15H2,1H3,(H2,24,25)(H,26,29);3H2,1-2H3. The van der Waals surface area contributed by atoms with E-state index in [1.807, 2.05) is 0 Å². The van der Waals surface area contributed by atoms with Crippen molar-refractivity contribution in [1.29, 1.82) is 0 Å². The SMILES string of the molecule is CCC.CCCCOc1cc2c([nH]c(=O)c(=O)n2CC2C=C(CN3CCCC3)C=CC2)c(N)n1. The van der Waals surface area contributed by atoms with Crippen molar-refractivity contribution < 1.29 is 4.74 Å². The Morgan fingerprint density at radius 1 is 1.21 bits per heavy atom. The van der Waals surface area contributed by atoms with E-state index in [-0.39, 0.29) is 11.7 Å². The number of hydrogen-bond acceptors (Lipinski definition) is 6. The van der Waals surface area contributed by atoms with Crippen molar-refractivity contribution in [3.63, 3.8) is 0 Å². The van der Waals surface area contributed by atoms with Gasteiger partial charge in [0.15, 0.2) is 5.82 Å². The Morgan fingerprint density at radius 2 is 1.94 bits per heavy atom. The third-order valence-electron chi connectivity index (χ3n) is 5.96. The summed E-state index contributed by atoms with van der Waals surface area (Å²) in [4.78, 5) is 34.4. The lowest BCUT2D eigenvalue weighted by Crippen LogP contribution is -2.38. The minimum absolute atomic E-state index is 0.129. The molecule has 3 N–H and O–H groups in total. The van der Waals surface area contributed by atoms with E-state index in [2.05, 4.69) is 53.9 Å². The molecule has 186 valence electrons. The number of nitrogens with zero attached hydrogens (tertiary/aromatic N) is 3. The number of aromatic amines is 1. The van der Waals surface area contributed by atoms with Crippen LogP contribution in [0.15, 0.2) is 39.5 Å². The van der Waals surface area contributed by atoms with Crippen molar-refractivity contribution in [2.45, 2.75) is 65.8 Å². The fourth-order valence-electron chi connectivity index (χ4n) is 4.33. The maximum atomic E-state index is 12.8. The minimum atomic E-state index is -0.687. The fourth-order valence-corrected chi connectivity index (χ4v) is 4.33. The molecule has 1 aliphatic heterocycles. The molecule has 3 heterocycles. The highest BCUT2D eigenvalue weighted by molar-refractivity contribution is 5.85. The van der Waals surface area contributed by atoms with E-state index < -0.39 is 11.1 Å². The zero-order valence-electron chi connectivity index (χ0n) is 20.8. The van der Waals surface area contributed by atoms with E-state index in [0.717, 1.165) is 38.9 Å². The summed E-state index contributed by atoms with van der Waals surface area (Å²) in [6, 6.07) is 1.70. The van der Waals surface area contributed by atoms with Gasteiger partial charge in [0.25, 0.3) is 0 Å². The van der Waals surface area contributed by atoms with Crippen LogP contribution in [0.5, 0.6) is 5.88 Å². The van der Waals surface area contributed by atoms with E-state index in [9.17, 15) is 9.59 Å². The number of nitrogens with two attached hydrogens (primary N) is 1.